The highest BCUT2D eigenvalue weighted by Gasteiger charge is 2.34. The number of piperidine rings is 1. The van der Waals surface area contributed by atoms with Gasteiger partial charge in [-0.05, 0) is 50.3 Å². The van der Waals surface area contributed by atoms with E-state index in [0.717, 1.165) is 24.7 Å². The minimum Gasteiger partial charge on any atom is -0.465 e. The molecule has 122 valence electrons. The Balaban J connectivity index is 2.11. The molecule has 2 unspecified atom stereocenters. The van der Waals surface area contributed by atoms with Crippen LogP contribution in [0.1, 0.15) is 38.2 Å². The van der Waals surface area contributed by atoms with E-state index in [1.807, 2.05) is 26.0 Å². The van der Waals surface area contributed by atoms with E-state index in [4.69, 9.17) is 0 Å². The second-order valence-corrected chi connectivity index (χ2v) is 7.80. The van der Waals surface area contributed by atoms with E-state index in [-0.39, 0.29) is 18.0 Å². The van der Waals surface area contributed by atoms with Crippen molar-refractivity contribution < 1.29 is 18.3 Å². The van der Waals surface area contributed by atoms with Crippen molar-refractivity contribution in [3.63, 3.8) is 0 Å². The number of rotatable bonds is 3. The molecule has 0 saturated carbocycles. The maximum atomic E-state index is 11.3. The second-order valence-electron chi connectivity index (χ2n) is 6.05. The summed E-state index contributed by atoms with van der Waals surface area (Å²) in [6.45, 7) is 3.85. The molecule has 0 aromatic heterocycles. The predicted octanol–water partition coefficient (Wildman–Crippen LogP) is 2.69. The Morgan fingerprint density at radius 1 is 1.18 bits per heavy atom. The molecule has 6 nitrogen and oxygen atoms in total. The van der Waals surface area contributed by atoms with Crippen molar-refractivity contribution in [1.29, 1.82) is 0 Å². The van der Waals surface area contributed by atoms with Crippen LogP contribution < -0.4 is 4.72 Å². The number of amides is 1. The van der Waals surface area contributed by atoms with Crippen LogP contribution in [0.5, 0.6) is 0 Å². The van der Waals surface area contributed by atoms with Crippen LogP contribution in [-0.4, -0.2) is 42.9 Å². The molecule has 2 N–H and O–H groups in total. The lowest BCUT2D eigenvalue weighted by Crippen LogP contribution is -2.48. The molecule has 22 heavy (non-hydrogen) atoms. The molecule has 0 aliphatic carbocycles. The Labute approximate surface area is 131 Å². The van der Waals surface area contributed by atoms with Crippen LogP contribution in [0.25, 0.3) is 0 Å². The Bertz CT molecular complexity index is 630. The molecular formula is C15H22N2O4S. The van der Waals surface area contributed by atoms with Crippen molar-refractivity contribution in [3.05, 3.63) is 29.8 Å². The van der Waals surface area contributed by atoms with Gasteiger partial charge in [-0.25, -0.2) is 13.2 Å². The molecule has 0 spiro atoms. The van der Waals surface area contributed by atoms with Gasteiger partial charge in [-0.15, -0.1) is 0 Å². The maximum absolute atomic E-state index is 11.3. The van der Waals surface area contributed by atoms with E-state index >= 15 is 0 Å². The number of hydrogen-bond acceptors (Lipinski definition) is 3. The van der Waals surface area contributed by atoms with Gasteiger partial charge < -0.3 is 10.0 Å². The Kier molecular flexibility index (Phi) is 4.65. The van der Waals surface area contributed by atoms with Crippen molar-refractivity contribution in [3.8, 4) is 0 Å². The first-order valence-electron chi connectivity index (χ1n) is 7.26. The largest absolute Gasteiger partial charge is 0.465 e. The SMILES string of the molecule is CC1CC(c2ccc(NS(C)(=O)=O)cc2)CC(C)N1C(=O)O. The predicted molar refractivity (Wildman–Crippen MR) is 85.7 cm³/mol. The van der Waals surface area contributed by atoms with Crippen molar-refractivity contribution in [2.45, 2.75) is 44.7 Å². The third kappa shape index (κ3) is 3.91. The monoisotopic (exact) mass is 326 g/mol. The van der Waals surface area contributed by atoms with Gasteiger partial charge >= 0.3 is 6.09 Å². The number of nitrogens with zero attached hydrogens (tertiary/aromatic N) is 1. The Morgan fingerprint density at radius 2 is 1.68 bits per heavy atom. The van der Waals surface area contributed by atoms with E-state index in [1.54, 1.807) is 12.1 Å². The molecule has 1 amide bonds. The van der Waals surface area contributed by atoms with Crippen molar-refractivity contribution >= 4 is 21.8 Å². The molecular weight excluding hydrogens is 304 g/mol. The second kappa shape index (κ2) is 6.16. The van der Waals surface area contributed by atoms with Gasteiger partial charge in [0.05, 0.1) is 6.26 Å². The molecule has 1 aliphatic rings. The highest BCUT2D eigenvalue weighted by atomic mass is 32.2. The van der Waals surface area contributed by atoms with Crippen LogP contribution in [0, 0.1) is 0 Å². The zero-order valence-corrected chi connectivity index (χ0v) is 13.8. The van der Waals surface area contributed by atoms with Crippen LogP contribution in [0.2, 0.25) is 0 Å². The highest BCUT2D eigenvalue weighted by molar-refractivity contribution is 7.92. The van der Waals surface area contributed by atoms with Crippen LogP contribution >= 0.6 is 0 Å². The third-order valence-corrected chi connectivity index (χ3v) is 4.71. The van der Waals surface area contributed by atoms with Crippen LogP contribution in [-0.2, 0) is 10.0 Å². The van der Waals surface area contributed by atoms with Gasteiger partial charge in [0, 0.05) is 17.8 Å². The summed E-state index contributed by atoms with van der Waals surface area (Å²) in [6.07, 6.45) is 1.79. The molecule has 0 bridgehead atoms. The average Bonchev–Trinajstić information content (AvgIpc) is 2.36. The quantitative estimate of drug-likeness (QED) is 0.894. The summed E-state index contributed by atoms with van der Waals surface area (Å²) >= 11 is 0. The lowest BCUT2D eigenvalue weighted by atomic mass is 9.82. The number of carbonyl (C=O) groups is 1. The zero-order valence-electron chi connectivity index (χ0n) is 13.0. The number of sulfonamides is 1. The molecule has 1 aromatic rings. The van der Waals surface area contributed by atoms with Crippen LogP contribution in [0.3, 0.4) is 0 Å². The van der Waals surface area contributed by atoms with Crippen LogP contribution in [0.4, 0.5) is 10.5 Å². The number of hydrogen-bond donors (Lipinski definition) is 2. The van der Waals surface area contributed by atoms with Crippen molar-refractivity contribution in [2.75, 3.05) is 11.0 Å². The topological polar surface area (TPSA) is 86.7 Å². The van der Waals surface area contributed by atoms with E-state index < -0.39 is 16.1 Å². The summed E-state index contributed by atoms with van der Waals surface area (Å²) < 4.78 is 24.8. The fraction of sp³-hybridized carbons (Fsp3) is 0.533. The lowest BCUT2D eigenvalue weighted by Gasteiger charge is -2.41. The number of anilines is 1. The maximum Gasteiger partial charge on any atom is 0.407 e. The zero-order chi connectivity index (χ0) is 16.5. The van der Waals surface area contributed by atoms with Gasteiger partial charge in [0.1, 0.15) is 0 Å². The van der Waals surface area contributed by atoms with Crippen molar-refractivity contribution in [1.82, 2.24) is 4.90 Å². The van der Waals surface area contributed by atoms with Gasteiger partial charge in [-0.1, -0.05) is 12.1 Å². The number of likely N-dealkylation sites (tertiary alicyclic amines) is 1. The number of nitrogens with one attached hydrogen (secondary N) is 1. The van der Waals surface area contributed by atoms with E-state index in [0.29, 0.717) is 5.69 Å². The highest BCUT2D eigenvalue weighted by Crippen LogP contribution is 2.35. The Hall–Kier alpha value is -1.76. The number of carboxylic acid groups (broad SMARTS) is 1. The first-order valence-corrected chi connectivity index (χ1v) is 9.15. The van der Waals surface area contributed by atoms with E-state index in [2.05, 4.69) is 4.72 Å². The summed E-state index contributed by atoms with van der Waals surface area (Å²) in [5.41, 5.74) is 1.65. The van der Waals surface area contributed by atoms with Gasteiger partial charge in [-0.3, -0.25) is 4.72 Å². The van der Waals surface area contributed by atoms with E-state index in [1.165, 1.54) is 4.90 Å². The summed E-state index contributed by atoms with van der Waals surface area (Å²) in [6, 6.07) is 7.26. The minimum absolute atomic E-state index is 0.0277. The summed E-state index contributed by atoms with van der Waals surface area (Å²) in [4.78, 5) is 12.8. The summed E-state index contributed by atoms with van der Waals surface area (Å²) in [5.74, 6) is 0.285. The molecule has 1 saturated heterocycles. The molecule has 2 rings (SSSR count). The standard InChI is InChI=1S/C15H22N2O4S/c1-10-8-13(9-11(2)17(10)15(18)19)12-4-6-14(7-5-12)16-22(3,20)21/h4-7,10-11,13,16H,8-9H2,1-3H3,(H,18,19). The first-order chi connectivity index (χ1) is 10.2. The number of benzene rings is 1. The van der Waals surface area contributed by atoms with Crippen LogP contribution in [0.15, 0.2) is 24.3 Å². The van der Waals surface area contributed by atoms with E-state index in [9.17, 15) is 18.3 Å². The first kappa shape index (κ1) is 16.6. The van der Waals surface area contributed by atoms with Gasteiger partial charge in [0.25, 0.3) is 0 Å². The smallest absolute Gasteiger partial charge is 0.407 e. The average molecular weight is 326 g/mol. The fourth-order valence-corrected chi connectivity index (χ4v) is 3.83. The molecule has 2 atom stereocenters. The molecule has 7 heteroatoms. The molecule has 1 heterocycles. The molecule has 0 radical (unpaired) electrons. The molecule has 1 aliphatic heterocycles. The minimum atomic E-state index is -3.27. The fourth-order valence-electron chi connectivity index (χ4n) is 3.27. The van der Waals surface area contributed by atoms with Gasteiger partial charge in [0.15, 0.2) is 0 Å². The lowest BCUT2D eigenvalue weighted by molar-refractivity contribution is 0.0767. The normalized spacial score (nSPS) is 25.8. The summed E-state index contributed by atoms with van der Waals surface area (Å²) in [5, 5.41) is 9.24. The Morgan fingerprint density at radius 3 is 2.09 bits per heavy atom. The van der Waals surface area contributed by atoms with Crippen molar-refractivity contribution in [2.24, 2.45) is 0 Å². The van der Waals surface area contributed by atoms with Gasteiger partial charge in [0.2, 0.25) is 10.0 Å². The third-order valence-electron chi connectivity index (χ3n) is 4.11. The molecule has 1 fully saturated rings. The molecule has 1 aromatic carbocycles. The summed E-state index contributed by atoms with van der Waals surface area (Å²) in [7, 11) is -3.27. The van der Waals surface area contributed by atoms with Gasteiger partial charge in [-0.2, -0.15) is 0 Å².